The van der Waals surface area contributed by atoms with E-state index in [1.165, 1.54) is 6.07 Å². The van der Waals surface area contributed by atoms with Crippen LogP contribution in [0.25, 0.3) is 0 Å². The number of benzene rings is 1. The van der Waals surface area contributed by atoms with Crippen LogP contribution in [-0.4, -0.2) is 28.7 Å². The summed E-state index contributed by atoms with van der Waals surface area (Å²) in [7, 11) is 3.28. The molecule has 1 rings (SSSR count). The number of unbranched alkanes of at least 4 members (excludes halogenated alkanes) is 1. The van der Waals surface area contributed by atoms with Gasteiger partial charge in [-0.15, -0.1) is 0 Å². The molecule has 0 bridgehead atoms. The van der Waals surface area contributed by atoms with Crippen LogP contribution in [-0.2, 0) is 13.8 Å². The summed E-state index contributed by atoms with van der Waals surface area (Å²) in [6, 6.07) is 3.40. The van der Waals surface area contributed by atoms with Crippen LogP contribution in [0.4, 0.5) is 0 Å². The van der Waals surface area contributed by atoms with E-state index in [1.54, 1.807) is 7.11 Å². The third kappa shape index (κ3) is 5.01. The van der Waals surface area contributed by atoms with Gasteiger partial charge in [-0.2, -0.15) is 0 Å². The lowest BCUT2D eigenvalue weighted by Gasteiger charge is -2.13. The van der Waals surface area contributed by atoms with Crippen molar-refractivity contribution in [3.05, 3.63) is 23.3 Å². The van der Waals surface area contributed by atoms with E-state index in [4.69, 9.17) is 20.2 Å². The van der Waals surface area contributed by atoms with Crippen molar-refractivity contribution < 1.29 is 17.9 Å². The molecule has 0 amide bonds. The fraction of sp³-hybridized carbons (Fsp3) is 0.538. The van der Waals surface area contributed by atoms with E-state index < -0.39 is 9.05 Å². The molecule has 6 heteroatoms. The molecule has 0 unspecified atom stereocenters. The van der Waals surface area contributed by atoms with Crippen LogP contribution in [0.2, 0.25) is 0 Å². The Bertz CT molecular complexity index is 526. The minimum absolute atomic E-state index is 0.0402. The first-order chi connectivity index (χ1) is 8.86. The molecule has 0 atom stereocenters. The van der Waals surface area contributed by atoms with Gasteiger partial charge >= 0.3 is 0 Å². The highest BCUT2D eigenvalue weighted by Gasteiger charge is 2.19. The lowest BCUT2D eigenvalue weighted by atomic mass is 10.1. The molecule has 0 aliphatic carbocycles. The molecule has 1 aromatic rings. The number of rotatable bonds is 7. The zero-order valence-corrected chi connectivity index (χ0v) is 13.0. The quantitative estimate of drug-likeness (QED) is 0.574. The number of hydrogen-bond donors (Lipinski definition) is 0. The summed E-state index contributed by atoms with van der Waals surface area (Å²) in [6.45, 7) is 4.73. The van der Waals surface area contributed by atoms with Crippen LogP contribution >= 0.6 is 10.7 Å². The first-order valence-corrected chi connectivity index (χ1v) is 8.35. The maximum atomic E-state index is 11.6. The summed E-state index contributed by atoms with van der Waals surface area (Å²) in [5.41, 5.74) is 1.61. The Kier molecular flexibility index (Phi) is 6.10. The largest absolute Gasteiger partial charge is 0.492 e. The molecular weight excluding hydrogens is 288 g/mol. The molecule has 0 heterocycles. The van der Waals surface area contributed by atoms with E-state index in [-0.39, 0.29) is 4.90 Å². The van der Waals surface area contributed by atoms with E-state index >= 15 is 0 Å². The number of halogens is 1. The van der Waals surface area contributed by atoms with Gasteiger partial charge in [0, 0.05) is 24.4 Å². The third-order valence-corrected chi connectivity index (χ3v) is 3.96. The smallest absolute Gasteiger partial charge is 0.265 e. The fourth-order valence-corrected chi connectivity index (χ4v) is 2.92. The minimum atomic E-state index is -3.80. The molecule has 0 radical (unpaired) electrons. The summed E-state index contributed by atoms with van der Waals surface area (Å²) in [6.07, 6.45) is 1.66. The summed E-state index contributed by atoms with van der Waals surface area (Å²) in [5.74, 6) is 0.345. The van der Waals surface area contributed by atoms with Gasteiger partial charge < -0.3 is 9.47 Å². The van der Waals surface area contributed by atoms with Crippen molar-refractivity contribution in [3.8, 4) is 5.75 Å². The van der Waals surface area contributed by atoms with Crippen LogP contribution < -0.4 is 4.74 Å². The highest BCUT2D eigenvalue weighted by atomic mass is 35.7. The van der Waals surface area contributed by atoms with Crippen LogP contribution in [0.1, 0.15) is 24.0 Å². The van der Waals surface area contributed by atoms with Gasteiger partial charge in [0.05, 0.1) is 6.61 Å². The van der Waals surface area contributed by atoms with Crippen molar-refractivity contribution >= 4 is 19.7 Å². The van der Waals surface area contributed by atoms with Gasteiger partial charge in [-0.3, -0.25) is 0 Å². The van der Waals surface area contributed by atoms with E-state index in [2.05, 4.69) is 0 Å². The van der Waals surface area contributed by atoms with Crippen LogP contribution in [0, 0.1) is 13.8 Å². The monoisotopic (exact) mass is 306 g/mol. The Hall–Kier alpha value is -0.780. The molecule has 19 heavy (non-hydrogen) atoms. The van der Waals surface area contributed by atoms with Gasteiger partial charge in [-0.05, 0) is 43.9 Å². The van der Waals surface area contributed by atoms with Crippen molar-refractivity contribution in [2.75, 3.05) is 20.3 Å². The van der Waals surface area contributed by atoms with Crippen molar-refractivity contribution in [2.24, 2.45) is 0 Å². The van der Waals surface area contributed by atoms with Gasteiger partial charge in [-0.1, -0.05) is 6.07 Å². The van der Waals surface area contributed by atoms with Gasteiger partial charge in [0.1, 0.15) is 10.6 Å². The van der Waals surface area contributed by atoms with Gasteiger partial charge in [0.25, 0.3) is 9.05 Å². The predicted molar refractivity (Wildman–Crippen MR) is 75.6 cm³/mol. The van der Waals surface area contributed by atoms with Crippen molar-refractivity contribution in [1.29, 1.82) is 0 Å². The second kappa shape index (κ2) is 7.12. The first-order valence-electron chi connectivity index (χ1n) is 6.04. The molecule has 0 spiro atoms. The van der Waals surface area contributed by atoms with E-state index in [1.807, 2.05) is 19.9 Å². The highest BCUT2D eigenvalue weighted by molar-refractivity contribution is 8.13. The van der Waals surface area contributed by atoms with Gasteiger partial charge in [0.15, 0.2) is 0 Å². The van der Waals surface area contributed by atoms with E-state index in [9.17, 15) is 8.42 Å². The Morgan fingerprint density at radius 1 is 1.16 bits per heavy atom. The second-order valence-electron chi connectivity index (χ2n) is 4.40. The second-order valence-corrected chi connectivity index (χ2v) is 6.93. The van der Waals surface area contributed by atoms with E-state index in [0.717, 1.165) is 24.0 Å². The lowest BCUT2D eigenvalue weighted by Crippen LogP contribution is -2.05. The lowest BCUT2D eigenvalue weighted by molar-refractivity contribution is 0.183. The van der Waals surface area contributed by atoms with Gasteiger partial charge in [0.2, 0.25) is 0 Å². The maximum Gasteiger partial charge on any atom is 0.265 e. The number of ether oxygens (including phenoxy) is 2. The zero-order chi connectivity index (χ0) is 14.5. The van der Waals surface area contributed by atoms with Crippen LogP contribution in [0.3, 0.4) is 0 Å². The minimum Gasteiger partial charge on any atom is -0.492 e. The molecule has 0 aromatic heterocycles. The average Bonchev–Trinajstić information content (AvgIpc) is 2.29. The SMILES string of the molecule is COCCCCOc1c(C)cc(C)cc1S(=O)(=O)Cl. The van der Waals surface area contributed by atoms with Crippen molar-refractivity contribution in [1.82, 2.24) is 0 Å². The van der Waals surface area contributed by atoms with Crippen molar-refractivity contribution in [2.45, 2.75) is 31.6 Å². The third-order valence-electron chi connectivity index (χ3n) is 2.64. The Balaban J connectivity index is 2.87. The number of methoxy groups -OCH3 is 1. The standard InChI is InChI=1S/C13H19ClO4S/c1-10-8-11(2)13(12(9-10)19(14,15)16)18-7-5-4-6-17-3/h8-9H,4-7H2,1-3H3. The molecule has 1 aromatic carbocycles. The maximum absolute atomic E-state index is 11.6. The van der Waals surface area contributed by atoms with E-state index in [0.29, 0.717) is 19.0 Å². The van der Waals surface area contributed by atoms with Crippen LogP contribution in [0.15, 0.2) is 17.0 Å². The number of hydrogen-bond acceptors (Lipinski definition) is 4. The normalized spacial score (nSPS) is 11.6. The summed E-state index contributed by atoms with van der Waals surface area (Å²) in [5, 5.41) is 0. The van der Waals surface area contributed by atoms with Crippen molar-refractivity contribution in [3.63, 3.8) is 0 Å². The van der Waals surface area contributed by atoms with Gasteiger partial charge in [-0.25, -0.2) is 8.42 Å². The Morgan fingerprint density at radius 2 is 1.79 bits per heavy atom. The summed E-state index contributed by atoms with van der Waals surface area (Å²) in [4.78, 5) is 0.0402. The average molecular weight is 307 g/mol. The molecule has 0 N–H and O–H groups in total. The number of aryl methyl sites for hydroxylation is 2. The molecule has 0 saturated heterocycles. The topological polar surface area (TPSA) is 52.6 Å². The first kappa shape index (κ1) is 16.3. The Morgan fingerprint density at radius 3 is 2.37 bits per heavy atom. The van der Waals surface area contributed by atoms with Crippen LogP contribution in [0.5, 0.6) is 5.75 Å². The molecule has 0 saturated carbocycles. The summed E-state index contributed by atoms with van der Waals surface area (Å²) >= 11 is 0. The molecule has 108 valence electrons. The predicted octanol–water partition coefficient (Wildman–Crippen LogP) is 3.04. The molecule has 0 aliphatic rings. The highest BCUT2D eigenvalue weighted by Crippen LogP contribution is 2.31. The zero-order valence-electron chi connectivity index (χ0n) is 11.4. The molecular formula is C13H19ClO4S. The fourth-order valence-electron chi connectivity index (χ4n) is 1.80. The summed E-state index contributed by atoms with van der Waals surface area (Å²) < 4.78 is 33.6. The molecule has 0 fully saturated rings. The molecule has 0 aliphatic heterocycles. The molecule has 4 nitrogen and oxygen atoms in total. The Labute approximate surface area is 119 Å².